The van der Waals surface area contributed by atoms with Crippen LogP contribution in [0.25, 0.3) is 0 Å². The second kappa shape index (κ2) is 22.2. The number of likely N-dealkylation sites (N-methyl/N-ethyl adjacent to an activating group) is 2. The van der Waals surface area contributed by atoms with E-state index in [0.29, 0.717) is 51.6 Å². The van der Waals surface area contributed by atoms with Gasteiger partial charge < -0.3 is 41.7 Å². The normalized spacial score (nSPS) is 22.4. The van der Waals surface area contributed by atoms with Gasteiger partial charge in [-0.3, -0.25) is 28.8 Å². The van der Waals surface area contributed by atoms with Crippen molar-refractivity contribution in [3.63, 3.8) is 0 Å². The molecular formula is C48H66N8O6. The first kappa shape index (κ1) is 46.2. The standard InChI is InChI=1S/C48H66N8O6/c1-5-35(49-3)43(57)53-39(47(61)55-29-15-27-41(55)45(59)51-37-25-13-19-31-17-7-9-21-33(31)37)23-11-12-24-40(54-44(58)36(6-2)50-4)48(62)56-30-16-28-42(56)46(60)52-38-26-14-20-32-18-8-10-22-34(32)38/h7-10,17-18,21-22,35-42,49-50H,5-6,13-16,19-20,23-30H2,1-4H3,(H,51,59)(H,52,60)(H,53,57)(H,54,58)/t35-,36-,37+,38+,39-,40-,41-,42-/m0/s1. The smallest absolute Gasteiger partial charge is 0.246 e. The Bertz CT molecular complexity index is 1850. The summed E-state index contributed by atoms with van der Waals surface area (Å²) in [6.45, 7) is 4.47. The van der Waals surface area contributed by atoms with E-state index in [9.17, 15) is 28.8 Å². The fraction of sp³-hybridized carbons (Fsp3) is 0.583. The van der Waals surface area contributed by atoms with E-state index in [4.69, 9.17) is 0 Å². The van der Waals surface area contributed by atoms with Crippen LogP contribution < -0.4 is 31.9 Å². The molecule has 0 saturated carbocycles. The topological polar surface area (TPSA) is 181 Å². The van der Waals surface area contributed by atoms with Crippen LogP contribution in [0.4, 0.5) is 0 Å². The number of hydrogen-bond acceptors (Lipinski definition) is 8. The van der Waals surface area contributed by atoms with Crippen molar-refractivity contribution in [3.8, 4) is 11.8 Å². The van der Waals surface area contributed by atoms with Gasteiger partial charge in [-0.1, -0.05) is 62.4 Å². The molecular weight excluding hydrogens is 785 g/mol. The molecule has 0 aromatic heterocycles. The number of fused-ring (bicyclic) bond motifs is 2. The number of carbonyl (C=O) groups excluding carboxylic acids is 6. The summed E-state index contributed by atoms with van der Waals surface area (Å²) in [6, 6.07) is 11.4. The number of likely N-dealkylation sites (tertiary alicyclic amines) is 2. The molecule has 0 unspecified atom stereocenters. The summed E-state index contributed by atoms with van der Waals surface area (Å²) >= 11 is 0. The Morgan fingerprint density at radius 2 is 0.984 bits per heavy atom. The van der Waals surface area contributed by atoms with Crippen molar-refractivity contribution < 1.29 is 28.8 Å². The molecule has 2 saturated heterocycles. The number of amides is 6. The third kappa shape index (κ3) is 11.0. The van der Waals surface area contributed by atoms with Crippen molar-refractivity contribution >= 4 is 35.4 Å². The summed E-state index contributed by atoms with van der Waals surface area (Å²) in [5.74, 6) is 4.16. The highest BCUT2D eigenvalue weighted by molar-refractivity contribution is 5.95. The minimum Gasteiger partial charge on any atom is -0.347 e. The van der Waals surface area contributed by atoms with E-state index in [2.05, 4.69) is 68.0 Å². The van der Waals surface area contributed by atoms with E-state index in [1.54, 1.807) is 23.9 Å². The molecule has 2 aliphatic heterocycles. The number of aryl methyl sites for hydroxylation is 2. The molecule has 2 aromatic rings. The van der Waals surface area contributed by atoms with Gasteiger partial charge in [0, 0.05) is 25.9 Å². The Morgan fingerprint density at radius 1 is 0.581 bits per heavy atom. The van der Waals surface area contributed by atoms with Gasteiger partial charge in [0.15, 0.2) is 0 Å². The zero-order valence-electron chi connectivity index (χ0n) is 36.9. The highest BCUT2D eigenvalue weighted by atomic mass is 16.2. The summed E-state index contributed by atoms with van der Waals surface area (Å²) in [5, 5.41) is 18.2. The van der Waals surface area contributed by atoms with Gasteiger partial charge >= 0.3 is 0 Å². The first-order chi connectivity index (χ1) is 30.1. The fourth-order valence-electron chi connectivity index (χ4n) is 9.68. The van der Waals surface area contributed by atoms with Crippen LogP contribution in [0.15, 0.2) is 48.5 Å². The highest BCUT2D eigenvalue weighted by Crippen LogP contribution is 2.32. The maximum atomic E-state index is 14.4. The predicted molar refractivity (Wildman–Crippen MR) is 237 cm³/mol. The Hall–Kier alpha value is -5.26. The maximum absolute atomic E-state index is 14.4. The second-order valence-electron chi connectivity index (χ2n) is 17.1. The van der Waals surface area contributed by atoms with E-state index in [-0.39, 0.29) is 48.6 Å². The van der Waals surface area contributed by atoms with E-state index >= 15 is 0 Å². The van der Waals surface area contributed by atoms with Crippen LogP contribution in [-0.4, -0.2) is 109 Å². The summed E-state index contributed by atoms with van der Waals surface area (Å²) in [6.07, 6.45) is 8.61. The van der Waals surface area contributed by atoms with Crippen LogP contribution in [0, 0.1) is 11.8 Å². The van der Waals surface area contributed by atoms with Crippen molar-refractivity contribution in [2.45, 2.75) is 152 Å². The SMILES string of the molecule is CC[C@H](NC)C(=O)N[C@@H](CC#CC[C@H](NC(=O)[C@H](CC)NC)C(=O)N1CCC[C@H]1C(=O)N[C@@H]1CCCc2ccccc21)C(=O)N1CCC[C@H]1C(=O)N[C@@H]1CCCc2ccccc21. The molecule has 2 aromatic carbocycles. The summed E-state index contributed by atoms with van der Waals surface area (Å²) in [7, 11) is 3.36. The number of carbonyl (C=O) groups is 6. The molecule has 14 nitrogen and oxygen atoms in total. The van der Waals surface area contributed by atoms with Crippen LogP contribution in [-0.2, 0) is 41.6 Å². The Labute approximate surface area is 366 Å². The molecule has 4 aliphatic rings. The number of rotatable bonds is 16. The van der Waals surface area contributed by atoms with E-state index in [0.717, 1.165) is 49.7 Å². The molecule has 6 rings (SSSR count). The molecule has 0 bridgehead atoms. The Balaban J connectivity index is 1.17. The van der Waals surface area contributed by atoms with Crippen molar-refractivity contribution in [1.82, 2.24) is 41.7 Å². The molecule has 2 heterocycles. The van der Waals surface area contributed by atoms with Crippen molar-refractivity contribution in [3.05, 3.63) is 70.8 Å². The number of hydrogen-bond donors (Lipinski definition) is 6. The second-order valence-corrected chi connectivity index (χ2v) is 17.1. The van der Waals surface area contributed by atoms with E-state index in [1.807, 2.05) is 38.1 Å². The van der Waals surface area contributed by atoms with Crippen LogP contribution >= 0.6 is 0 Å². The van der Waals surface area contributed by atoms with Crippen LogP contribution in [0.2, 0.25) is 0 Å². The lowest BCUT2D eigenvalue weighted by Crippen LogP contribution is -2.56. The number of nitrogens with zero attached hydrogens (tertiary/aromatic N) is 2. The molecule has 334 valence electrons. The molecule has 0 radical (unpaired) electrons. The summed E-state index contributed by atoms with van der Waals surface area (Å²) < 4.78 is 0. The number of nitrogens with one attached hydrogen (secondary N) is 6. The monoisotopic (exact) mass is 851 g/mol. The average molecular weight is 851 g/mol. The van der Waals surface area contributed by atoms with Crippen LogP contribution in [0.3, 0.4) is 0 Å². The van der Waals surface area contributed by atoms with Crippen molar-refractivity contribution in [2.75, 3.05) is 27.2 Å². The third-order valence-corrected chi connectivity index (χ3v) is 13.2. The summed E-state index contributed by atoms with van der Waals surface area (Å²) in [4.78, 5) is 86.4. The lowest BCUT2D eigenvalue weighted by molar-refractivity contribution is -0.141. The maximum Gasteiger partial charge on any atom is 0.246 e. The largest absolute Gasteiger partial charge is 0.347 e. The first-order valence-electron chi connectivity index (χ1n) is 22.9. The minimum absolute atomic E-state index is 0.0773. The molecule has 6 N–H and O–H groups in total. The number of benzene rings is 2. The lowest BCUT2D eigenvalue weighted by atomic mass is 9.87. The first-order valence-corrected chi connectivity index (χ1v) is 22.9. The van der Waals surface area contributed by atoms with Gasteiger partial charge in [-0.25, -0.2) is 0 Å². The molecule has 6 amide bonds. The zero-order valence-corrected chi connectivity index (χ0v) is 36.9. The van der Waals surface area contributed by atoms with Crippen molar-refractivity contribution in [1.29, 1.82) is 0 Å². The summed E-state index contributed by atoms with van der Waals surface area (Å²) in [5.41, 5.74) is 4.67. The van der Waals surface area contributed by atoms with Gasteiger partial charge in [0.2, 0.25) is 35.4 Å². The zero-order chi connectivity index (χ0) is 44.2. The fourth-order valence-corrected chi connectivity index (χ4v) is 9.68. The van der Waals surface area contributed by atoms with Crippen LogP contribution in [0.1, 0.15) is 125 Å². The van der Waals surface area contributed by atoms with Gasteiger partial charge in [0.25, 0.3) is 0 Å². The predicted octanol–water partition coefficient (Wildman–Crippen LogP) is 3.11. The van der Waals surface area contributed by atoms with Crippen molar-refractivity contribution in [2.24, 2.45) is 0 Å². The van der Waals surface area contributed by atoms with Gasteiger partial charge in [-0.05, 0) is 113 Å². The van der Waals surface area contributed by atoms with Crippen LogP contribution in [0.5, 0.6) is 0 Å². The molecule has 0 spiro atoms. The third-order valence-electron chi connectivity index (χ3n) is 13.2. The Morgan fingerprint density at radius 3 is 1.37 bits per heavy atom. The van der Waals surface area contributed by atoms with Gasteiger partial charge in [-0.2, -0.15) is 0 Å². The van der Waals surface area contributed by atoms with E-state index in [1.165, 1.54) is 11.1 Å². The molecule has 14 heteroatoms. The Kier molecular flexibility index (Phi) is 16.6. The highest BCUT2D eigenvalue weighted by Gasteiger charge is 2.41. The average Bonchev–Trinajstić information content (AvgIpc) is 3.99. The quantitative estimate of drug-likeness (QED) is 0.140. The molecule has 2 fully saturated rings. The minimum atomic E-state index is -1.06. The van der Waals surface area contributed by atoms with Gasteiger partial charge in [-0.15, -0.1) is 11.8 Å². The molecule has 2 aliphatic carbocycles. The van der Waals surface area contributed by atoms with Gasteiger partial charge in [0.05, 0.1) is 24.2 Å². The molecule has 62 heavy (non-hydrogen) atoms. The van der Waals surface area contributed by atoms with E-state index < -0.39 is 48.1 Å². The lowest BCUT2D eigenvalue weighted by Gasteiger charge is -2.32. The molecule has 8 atom stereocenters. The van der Waals surface area contributed by atoms with Gasteiger partial charge in [0.1, 0.15) is 24.2 Å².